The molecule has 0 N–H and O–H groups in total. The van der Waals surface area contributed by atoms with E-state index in [2.05, 4.69) is 9.88 Å². The van der Waals surface area contributed by atoms with Crippen LogP contribution >= 0.6 is 11.6 Å². The molecule has 1 fully saturated rings. The molecule has 136 valence electrons. The van der Waals surface area contributed by atoms with E-state index < -0.39 is 0 Å². The van der Waals surface area contributed by atoms with Gasteiger partial charge in [-0.1, -0.05) is 17.7 Å². The summed E-state index contributed by atoms with van der Waals surface area (Å²) in [6.07, 6.45) is 2.02. The van der Waals surface area contributed by atoms with Gasteiger partial charge in [0, 0.05) is 32.4 Å². The molecule has 4 rings (SSSR count). The number of benzene rings is 1. The van der Waals surface area contributed by atoms with E-state index in [1.54, 1.807) is 6.20 Å². The second-order valence-corrected chi connectivity index (χ2v) is 6.79. The smallest absolute Gasteiger partial charge is 0.227 e. The Bertz CT molecular complexity index is 789. The third-order valence-corrected chi connectivity index (χ3v) is 4.85. The Morgan fingerprint density at radius 1 is 1.04 bits per heavy atom. The Hall–Kier alpha value is -2.47. The number of amides is 1. The fourth-order valence-corrected chi connectivity index (χ4v) is 3.34. The minimum absolute atomic E-state index is 0.130. The highest BCUT2D eigenvalue weighted by atomic mass is 35.5. The van der Waals surface area contributed by atoms with Crippen molar-refractivity contribution in [1.29, 1.82) is 0 Å². The number of anilines is 1. The molecule has 6 nitrogen and oxygen atoms in total. The quantitative estimate of drug-likeness (QED) is 0.827. The lowest BCUT2D eigenvalue weighted by Gasteiger charge is -2.35. The summed E-state index contributed by atoms with van der Waals surface area (Å²) in [5.41, 5.74) is 0.945. The van der Waals surface area contributed by atoms with Crippen molar-refractivity contribution < 1.29 is 14.3 Å². The summed E-state index contributed by atoms with van der Waals surface area (Å²) < 4.78 is 11.1. The van der Waals surface area contributed by atoms with Crippen LogP contribution in [0.3, 0.4) is 0 Å². The summed E-state index contributed by atoms with van der Waals surface area (Å²) in [5, 5.41) is 0.627. The zero-order chi connectivity index (χ0) is 17.9. The normalized spacial score (nSPS) is 16.5. The number of fused-ring (bicyclic) bond motifs is 1. The molecule has 1 saturated heterocycles. The number of hydrogen-bond acceptors (Lipinski definition) is 5. The second kappa shape index (κ2) is 7.41. The van der Waals surface area contributed by atoms with Crippen molar-refractivity contribution >= 4 is 23.3 Å². The number of piperazine rings is 1. The van der Waals surface area contributed by atoms with Gasteiger partial charge in [-0.3, -0.25) is 4.79 Å². The number of nitrogens with zero attached hydrogens (tertiary/aromatic N) is 3. The van der Waals surface area contributed by atoms with Gasteiger partial charge in [-0.2, -0.15) is 0 Å². The van der Waals surface area contributed by atoms with Gasteiger partial charge < -0.3 is 19.3 Å². The zero-order valence-corrected chi connectivity index (χ0v) is 15.1. The monoisotopic (exact) mass is 373 g/mol. The fraction of sp³-hybridized carbons (Fsp3) is 0.368. The molecule has 2 aliphatic rings. The molecule has 26 heavy (non-hydrogen) atoms. The molecule has 0 spiro atoms. The third-order valence-electron chi connectivity index (χ3n) is 4.63. The first-order chi connectivity index (χ1) is 12.7. The van der Waals surface area contributed by atoms with Crippen molar-refractivity contribution in [3.8, 4) is 11.5 Å². The van der Waals surface area contributed by atoms with E-state index in [4.69, 9.17) is 21.1 Å². The van der Waals surface area contributed by atoms with Gasteiger partial charge in [0.2, 0.25) is 5.91 Å². The first-order valence-corrected chi connectivity index (χ1v) is 9.10. The maximum absolute atomic E-state index is 12.6. The van der Waals surface area contributed by atoms with E-state index in [1.807, 2.05) is 35.2 Å². The highest BCUT2D eigenvalue weighted by Crippen LogP contribution is 2.31. The van der Waals surface area contributed by atoms with Crippen LogP contribution < -0.4 is 14.4 Å². The summed E-state index contributed by atoms with van der Waals surface area (Å²) in [6.45, 7) is 4.02. The molecule has 0 saturated carbocycles. The van der Waals surface area contributed by atoms with E-state index in [9.17, 15) is 4.79 Å². The summed E-state index contributed by atoms with van der Waals surface area (Å²) in [4.78, 5) is 21.0. The number of hydrogen-bond donors (Lipinski definition) is 0. The van der Waals surface area contributed by atoms with Crippen molar-refractivity contribution in [2.24, 2.45) is 0 Å². The van der Waals surface area contributed by atoms with Crippen LogP contribution in [0.2, 0.25) is 5.02 Å². The topological polar surface area (TPSA) is 54.9 Å². The van der Waals surface area contributed by atoms with E-state index in [0.717, 1.165) is 36.0 Å². The summed E-state index contributed by atoms with van der Waals surface area (Å²) in [7, 11) is 0. The molecule has 2 aliphatic heterocycles. The standard InChI is InChI=1S/C19H20ClN3O3/c20-15-2-4-18(21-13-15)22-5-7-23(8-6-22)19(24)12-14-1-3-16-17(11-14)26-10-9-25-16/h1-4,11,13H,5-10,12H2. The van der Waals surface area contributed by atoms with Gasteiger partial charge in [0.25, 0.3) is 0 Å². The number of aromatic nitrogens is 1. The summed E-state index contributed by atoms with van der Waals surface area (Å²) in [6, 6.07) is 9.46. The summed E-state index contributed by atoms with van der Waals surface area (Å²) >= 11 is 5.89. The van der Waals surface area contributed by atoms with Crippen molar-refractivity contribution in [2.75, 3.05) is 44.3 Å². The Balaban J connectivity index is 1.34. The molecule has 3 heterocycles. The largest absolute Gasteiger partial charge is 0.486 e. The lowest BCUT2D eigenvalue weighted by Crippen LogP contribution is -2.49. The molecule has 2 aromatic rings. The fourth-order valence-electron chi connectivity index (χ4n) is 3.22. The molecular weight excluding hydrogens is 354 g/mol. The molecule has 1 amide bonds. The van der Waals surface area contributed by atoms with Crippen LogP contribution in [0, 0.1) is 0 Å². The minimum atomic E-state index is 0.130. The Kier molecular flexibility index (Phi) is 4.84. The Morgan fingerprint density at radius 2 is 1.81 bits per heavy atom. The average Bonchev–Trinajstić information content (AvgIpc) is 2.68. The van der Waals surface area contributed by atoms with Crippen LogP contribution in [0.25, 0.3) is 0 Å². The third kappa shape index (κ3) is 3.70. The molecular formula is C19H20ClN3O3. The van der Waals surface area contributed by atoms with Gasteiger partial charge in [-0.05, 0) is 29.8 Å². The van der Waals surface area contributed by atoms with Crippen LogP contribution in [0.4, 0.5) is 5.82 Å². The first-order valence-electron chi connectivity index (χ1n) is 8.72. The Morgan fingerprint density at radius 3 is 2.54 bits per heavy atom. The molecule has 0 unspecified atom stereocenters. The average molecular weight is 374 g/mol. The van der Waals surface area contributed by atoms with E-state index >= 15 is 0 Å². The molecule has 0 aliphatic carbocycles. The van der Waals surface area contributed by atoms with E-state index in [-0.39, 0.29) is 5.91 Å². The summed E-state index contributed by atoms with van der Waals surface area (Å²) in [5.74, 6) is 2.50. The molecule has 1 aromatic carbocycles. The van der Waals surface area contributed by atoms with Crippen molar-refractivity contribution in [3.63, 3.8) is 0 Å². The predicted molar refractivity (Wildman–Crippen MR) is 99.2 cm³/mol. The van der Waals surface area contributed by atoms with Gasteiger partial charge in [0.15, 0.2) is 11.5 Å². The van der Waals surface area contributed by atoms with Gasteiger partial charge in [0.1, 0.15) is 19.0 Å². The molecule has 7 heteroatoms. The SMILES string of the molecule is O=C(Cc1ccc2c(c1)OCCO2)N1CCN(c2ccc(Cl)cn2)CC1. The van der Waals surface area contributed by atoms with Gasteiger partial charge >= 0.3 is 0 Å². The number of halogens is 1. The van der Waals surface area contributed by atoms with Crippen LogP contribution in [-0.2, 0) is 11.2 Å². The highest BCUT2D eigenvalue weighted by Gasteiger charge is 2.22. The van der Waals surface area contributed by atoms with Crippen molar-refractivity contribution in [1.82, 2.24) is 9.88 Å². The number of ether oxygens (including phenoxy) is 2. The molecule has 0 radical (unpaired) electrons. The van der Waals surface area contributed by atoms with Crippen LogP contribution in [0.15, 0.2) is 36.5 Å². The van der Waals surface area contributed by atoms with Gasteiger partial charge in [0.05, 0.1) is 11.4 Å². The van der Waals surface area contributed by atoms with Crippen LogP contribution in [0.1, 0.15) is 5.56 Å². The van der Waals surface area contributed by atoms with Gasteiger partial charge in [-0.25, -0.2) is 4.98 Å². The second-order valence-electron chi connectivity index (χ2n) is 6.36. The number of carbonyl (C=O) groups excluding carboxylic acids is 1. The number of carbonyl (C=O) groups is 1. The lowest BCUT2D eigenvalue weighted by atomic mass is 10.1. The first kappa shape index (κ1) is 17.0. The van der Waals surface area contributed by atoms with E-state index in [1.165, 1.54) is 0 Å². The van der Waals surface area contributed by atoms with Crippen LogP contribution in [0.5, 0.6) is 11.5 Å². The maximum Gasteiger partial charge on any atom is 0.227 e. The molecule has 0 atom stereocenters. The highest BCUT2D eigenvalue weighted by molar-refractivity contribution is 6.30. The minimum Gasteiger partial charge on any atom is -0.486 e. The molecule has 0 bridgehead atoms. The lowest BCUT2D eigenvalue weighted by molar-refractivity contribution is -0.130. The maximum atomic E-state index is 12.6. The van der Waals surface area contributed by atoms with Crippen LogP contribution in [-0.4, -0.2) is 55.2 Å². The zero-order valence-electron chi connectivity index (χ0n) is 14.4. The Labute approximate surface area is 157 Å². The number of pyridine rings is 1. The van der Waals surface area contributed by atoms with Crippen molar-refractivity contribution in [3.05, 3.63) is 47.1 Å². The van der Waals surface area contributed by atoms with Crippen molar-refractivity contribution in [2.45, 2.75) is 6.42 Å². The van der Waals surface area contributed by atoms with Gasteiger partial charge in [-0.15, -0.1) is 0 Å². The molecule has 1 aromatic heterocycles. The number of rotatable bonds is 3. The predicted octanol–water partition coefficient (Wildman–Crippen LogP) is 2.40. The van der Waals surface area contributed by atoms with E-state index in [0.29, 0.717) is 37.7 Å².